The number of furan rings is 1. The Morgan fingerprint density at radius 2 is 2.21 bits per heavy atom. The summed E-state index contributed by atoms with van der Waals surface area (Å²) in [6.07, 6.45) is 2.69. The first-order chi connectivity index (χ1) is 6.79. The van der Waals surface area contributed by atoms with Gasteiger partial charge in [0.05, 0.1) is 12.7 Å². The van der Waals surface area contributed by atoms with Gasteiger partial charge in [0, 0.05) is 11.8 Å². The Morgan fingerprint density at radius 3 is 2.86 bits per heavy atom. The van der Waals surface area contributed by atoms with Gasteiger partial charge in [-0.25, -0.2) is 4.39 Å². The molecule has 3 nitrogen and oxygen atoms in total. The Morgan fingerprint density at radius 1 is 1.36 bits per heavy atom. The Bertz CT molecular complexity index is 439. The molecule has 0 atom stereocenters. The first kappa shape index (κ1) is 8.90. The second-order valence-corrected chi connectivity index (χ2v) is 2.86. The second-order valence-electron chi connectivity index (χ2n) is 2.86. The number of halogens is 1. The van der Waals surface area contributed by atoms with E-state index in [0.29, 0.717) is 23.6 Å². The number of hydrogen-bond acceptors (Lipinski definition) is 3. The maximum Gasteiger partial charge on any atom is 0.142 e. The molecule has 2 N–H and O–H groups in total. The zero-order chi connectivity index (χ0) is 9.97. The van der Waals surface area contributed by atoms with Crippen LogP contribution >= 0.6 is 0 Å². The zero-order valence-electron chi connectivity index (χ0n) is 7.40. The van der Waals surface area contributed by atoms with Crippen molar-refractivity contribution < 1.29 is 8.81 Å². The molecule has 0 aliphatic rings. The number of rotatable bonds is 2. The molecule has 4 heteroatoms. The van der Waals surface area contributed by atoms with Gasteiger partial charge in [0.1, 0.15) is 17.3 Å². The summed E-state index contributed by atoms with van der Waals surface area (Å²) in [7, 11) is 0. The van der Waals surface area contributed by atoms with Gasteiger partial charge in [-0.3, -0.25) is 4.98 Å². The average Bonchev–Trinajstić information content (AvgIpc) is 2.66. The van der Waals surface area contributed by atoms with E-state index in [1.54, 1.807) is 18.3 Å². The lowest BCUT2D eigenvalue weighted by atomic mass is 10.2. The van der Waals surface area contributed by atoms with E-state index in [2.05, 4.69) is 4.98 Å². The number of nitrogens with zero attached hydrogens (tertiary/aromatic N) is 1. The molecular formula is C10H9FN2O. The number of hydrogen-bond donors (Lipinski definition) is 1. The molecule has 0 fully saturated rings. The van der Waals surface area contributed by atoms with Crippen molar-refractivity contribution in [1.29, 1.82) is 0 Å². The molecule has 0 saturated carbocycles. The minimum absolute atomic E-state index is 0.336. The van der Waals surface area contributed by atoms with Gasteiger partial charge in [-0.05, 0) is 18.2 Å². The molecule has 2 aromatic rings. The van der Waals surface area contributed by atoms with Crippen LogP contribution < -0.4 is 5.73 Å². The SMILES string of the molecule is NCc1ccc(-c2cncc(F)c2)o1. The normalized spacial score (nSPS) is 10.4. The molecule has 0 unspecified atom stereocenters. The van der Waals surface area contributed by atoms with Gasteiger partial charge in [0.15, 0.2) is 0 Å². The minimum atomic E-state index is -0.381. The van der Waals surface area contributed by atoms with E-state index < -0.39 is 0 Å². The van der Waals surface area contributed by atoms with Crippen molar-refractivity contribution in [2.24, 2.45) is 5.73 Å². The smallest absolute Gasteiger partial charge is 0.142 e. The predicted octanol–water partition coefficient (Wildman–Crippen LogP) is 1.94. The molecule has 0 bridgehead atoms. The van der Waals surface area contributed by atoms with Crippen LogP contribution in [-0.2, 0) is 6.54 Å². The summed E-state index contributed by atoms with van der Waals surface area (Å²) in [6.45, 7) is 0.336. The average molecular weight is 192 g/mol. The molecule has 0 amide bonds. The molecule has 0 aliphatic carbocycles. The quantitative estimate of drug-likeness (QED) is 0.791. The number of nitrogens with two attached hydrogens (primary N) is 1. The van der Waals surface area contributed by atoms with Crippen LogP contribution in [0, 0.1) is 5.82 Å². The van der Waals surface area contributed by atoms with E-state index in [1.807, 2.05) is 0 Å². The van der Waals surface area contributed by atoms with Crippen LogP contribution in [0.2, 0.25) is 0 Å². The van der Waals surface area contributed by atoms with Crippen molar-refractivity contribution in [3.05, 3.63) is 42.2 Å². The zero-order valence-corrected chi connectivity index (χ0v) is 7.40. The van der Waals surface area contributed by atoms with Crippen molar-refractivity contribution in [2.75, 3.05) is 0 Å². The van der Waals surface area contributed by atoms with E-state index >= 15 is 0 Å². The topological polar surface area (TPSA) is 52.0 Å². The molecule has 2 aromatic heterocycles. The van der Waals surface area contributed by atoms with Crippen molar-refractivity contribution in [3.8, 4) is 11.3 Å². The summed E-state index contributed by atoms with van der Waals surface area (Å²) < 4.78 is 18.2. The maximum absolute atomic E-state index is 12.8. The first-order valence-corrected chi connectivity index (χ1v) is 4.19. The highest BCUT2D eigenvalue weighted by molar-refractivity contribution is 5.55. The van der Waals surface area contributed by atoms with Crippen LogP contribution in [0.15, 0.2) is 35.0 Å². The predicted molar refractivity (Wildman–Crippen MR) is 49.8 cm³/mol. The lowest BCUT2D eigenvalue weighted by Gasteiger charge is -1.95. The van der Waals surface area contributed by atoms with Gasteiger partial charge in [0.2, 0.25) is 0 Å². The highest BCUT2D eigenvalue weighted by Gasteiger charge is 2.04. The summed E-state index contributed by atoms with van der Waals surface area (Å²) in [5.41, 5.74) is 6.00. The molecule has 0 radical (unpaired) electrons. The minimum Gasteiger partial charge on any atom is -0.460 e. The van der Waals surface area contributed by atoms with Gasteiger partial charge in [-0.1, -0.05) is 0 Å². The van der Waals surface area contributed by atoms with E-state index in [4.69, 9.17) is 10.2 Å². The molecule has 72 valence electrons. The van der Waals surface area contributed by atoms with Crippen LogP contribution in [0.3, 0.4) is 0 Å². The van der Waals surface area contributed by atoms with Crippen LogP contribution in [-0.4, -0.2) is 4.98 Å². The second kappa shape index (κ2) is 3.59. The highest BCUT2D eigenvalue weighted by Crippen LogP contribution is 2.21. The van der Waals surface area contributed by atoms with Crippen molar-refractivity contribution in [3.63, 3.8) is 0 Å². The third-order valence-electron chi connectivity index (χ3n) is 1.85. The van der Waals surface area contributed by atoms with Gasteiger partial charge >= 0.3 is 0 Å². The summed E-state index contributed by atoms with van der Waals surface area (Å²) in [4.78, 5) is 3.73. The molecule has 0 aliphatic heterocycles. The first-order valence-electron chi connectivity index (χ1n) is 4.19. The molecule has 2 rings (SSSR count). The van der Waals surface area contributed by atoms with Crippen molar-refractivity contribution in [2.45, 2.75) is 6.54 Å². The van der Waals surface area contributed by atoms with Gasteiger partial charge in [-0.2, -0.15) is 0 Å². The standard InChI is InChI=1S/C10H9FN2O/c11-8-3-7(5-13-6-8)10-2-1-9(4-12)14-10/h1-3,5-6H,4,12H2. The lowest BCUT2D eigenvalue weighted by Crippen LogP contribution is -1.92. The van der Waals surface area contributed by atoms with Gasteiger partial charge in [-0.15, -0.1) is 0 Å². The summed E-state index contributed by atoms with van der Waals surface area (Å²) in [6, 6.07) is 4.88. The Labute approximate surface area is 80.4 Å². The van der Waals surface area contributed by atoms with Gasteiger partial charge in [0.25, 0.3) is 0 Å². The van der Waals surface area contributed by atoms with E-state index in [-0.39, 0.29) is 5.82 Å². The largest absolute Gasteiger partial charge is 0.460 e. The van der Waals surface area contributed by atoms with Crippen LogP contribution in [0.4, 0.5) is 4.39 Å². The summed E-state index contributed by atoms with van der Waals surface area (Å²) >= 11 is 0. The highest BCUT2D eigenvalue weighted by atomic mass is 19.1. The van der Waals surface area contributed by atoms with Crippen LogP contribution in [0.5, 0.6) is 0 Å². The van der Waals surface area contributed by atoms with E-state index in [9.17, 15) is 4.39 Å². The number of pyridine rings is 1. The molecular weight excluding hydrogens is 183 g/mol. The van der Waals surface area contributed by atoms with Crippen molar-refractivity contribution in [1.82, 2.24) is 4.98 Å². The monoisotopic (exact) mass is 192 g/mol. The Balaban J connectivity index is 2.39. The fourth-order valence-electron chi connectivity index (χ4n) is 1.19. The summed E-state index contributed by atoms with van der Waals surface area (Å²) in [5.74, 6) is 0.870. The fourth-order valence-corrected chi connectivity index (χ4v) is 1.19. The summed E-state index contributed by atoms with van der Waals surface area (Å²) in [5, 5.41) is 0. The van der Waals surface area contributed by atoms with Gasteiger partial charge < -0.3 is 10.2 Å². The third kappa shape index (κ3) is 1.65. The van der Waals surface area contributed by atoms with Crippen LogP contribution in [0.25, 0.3) is 11.3 Å². The molecule has 0 saturated heterocycles. The molecule has 14 heavy (non-hydrogen) atoms. The van der Waals surface area contributed by atoms with Crippen LogP contribution in [0.1, 0.15) is 5.76 Å². The van der Waals surface area contributed by atoms with E-state index in [1.165, 1.54) is 6.07 Å². The third-order valence-corrected chi connectivity index (χ3v) is 1.85. The molecule has 0 aromatic carbocycles. The number of aromatic nitrogens is 1. The Kier molecular flexibility index (Phi) is 2.28. The lowest BCUT2D eigenvalue weighted by molar-refractivity contribution is 0.524. The Hall–Kier alpha value is -1.68. The maximum atomic E-state index is 12.8. The molecule has 0 spiro atoms. The fraction of sp³-hybridized carbons (Fsp3) is 0.100. The molecule has 2 heterocycles. The van der Waals surface area contributed by atoms with Crippen molar-refractivity contribution >= 4 is 0 Å². The van der Waals surface area contributed by atoms with E-state index in [0.717, 1.165) is 6.20 Å².